The van der Waals surface area contributed by atoms with Crippen LogP contribution < -0.4 is 14.8 Å². The fourth-order valence-electron chi connectivity index (χ4n) is 8.09. The van der Waals surface area contributed by atoms with Crippen molar-refractivity contribution in [2.75, 3.05) is 91.7 Å². The number of tetrazole rings is 1. The number of nitrogens with zero attached hydrogens (tertiary/aromatic N) is 10. The number of rotatable bonds is 25. The molecule has 0 amide bonds. The molecule has 3 atom stereocenters. The summed E-state index contributed by atoms with van der Waals surface area (Å²) in [6.07, 6.45) is 11.7. The number of nitrogens with one attached hydrogen (secondary N) is 1. The topological polar surface area (TPSA) is 200 Å². The minimum Gasteiger partial charge on any atom is -0.487 e. The summed E-state index contributed by atoms with van der Waals surface area (Å²) in [6.45, 7) is 8.70. The molecule has 0 unspecified atom stereocenters. The van der Waals surface area contributed by atoms with E-state index in [1.54, 1.807) is 24.1 Å². The van der Waals surface area contributed by atoms with Crippen molar-refractivity contribution in [3.63, 3.8) is 0 Å². The second-order valence-electron chi connectivity index (χ2n) is 15.1. The molecule has 7 rings (SSSR count). The normalized spacial score (nSPS) is 20.8. The van der Waals surface area contributed by atoms with Gasteiger partial charge in [0.05, 0.1) is 103 Å². The number of aromatic nitrogens is 8. The van der Waals surface area contributed by atoms with E-state index < -0.39 is 0 Å². The van der Waals surface area contributed by atoms with Gasteiger partial charge in [-0.1, -0.05) is 6.07 Å². The second-order valence-corrected chi connectivity index (χ2v) is 15.1. The fourth-order valence-corrected chi connectivity index (χ4v) is 8.09. The van der Waals surface area contributed by atoms with Crippen LogP contribution in [0.3, 0.4) is 0 Å². The van der Waals surface area contributed by atoms with E-state index in [1.165, 1.54) is 19.2 Å². The molecular formula is C41H57N11O8. The van der Waals surface area contributed by atoms with Crippen molar-refractivity contribution < 1.29 is 37.9 Å². The third-order valence-corrected chi connectivity index (χ3v) is 10.9. The Balaban J connectivity index is 0.954. The summed E-state index contributed by atoms with van der Waals surface area (Å²) < 4.78 is 49.2. The molecule has 1 saturated carbocycles. The molecule has 19 nitrogen and oxygen atoms in total. The molecule has 19 heteroatoms. The van der Waals surface area contributed by atoms with Gasteiger partial charge in [0.25, 0.3) is 5.88 Å². The highest BCUT2D eigenvalue weighted by atomic mass is 16.6. The quantitative estimate of drug-likeness (QED) is 0.0944. The van der Waals surface area contributed by atoms with Crippen molar-refractivity contribution in [1.29, 1.82) is 5.26 Å². The Hall–Kier alpha value is -4.81. The average molecular weight is 832 g/mol. The van der Waals surface area contributed by atoms with Gasteiger partial charge in [-0.05, 0) is 74.1 Å². The van der Waals surface area contributed by atoms with E-state index in [2.05, 4.69) is 36.8 Å². The molecule has 1 aromatic carbocycles. The predicted molar refractivity (Wildman–Crippen MR) is 217 cm³/mol. The number of hydrogen-bond donors (Lipinski definition) is 1. The van der Waals surface area contributed by atoms with Crippen LogP contribution in [0.1, 0.15) is 57.1 Å². The molecule has 4 aromatic rings. The largest absolute Gasteiger partial charge is 0.487 e. The first-order valence-corrected chi connectivity index (χ1v) is 21.0. The molecule has 1 N–H and O–H groups in total. The van der Waals surface area contributed by atoms with E-state index in [-0.39, 0.29) is 12.1 Å². The summed E-state index contributed by atoms with van der Waals surface area (Å²) in [6, 6.07) is 11.4. The lowest BCUT2D eigenvalue weighted by Gasteiger charge is -2.43. The highest BCUT2D eigenvalue weighted by Gasteiger charge is 2.42. The van der Waals surface area contributed by atoms with Crippen molar-refractivity contribution in [2.45, 2.75) is 82.3 Å². The number of fused-ring (bicyclic) bond motifs is 2. The highest BCUT2D eigenvalue weighted by molar-refractivity contribution is 5.66. The standard InChI is InChI=1S/C41H57N11O8/c1-30(25-50-29-44-48-49-50)60-39-23-31(3-4-32(39)24-42)37-11-12-43-41(45-37)46-38-26-51(33-5-7-34(8-6-33)52-35-9-10-36(52)28-58-27-35)47-40(38)59-22-21-57-20-19-56-18-17-55-16-15-54-14-13-53-2/h3-4,11-12,23,26,29-30,33-36H,5-10,13-22,25,27-28H2,1-2H3,(H,43,45,46)/t30-,33?,34?,35-,36+/m0/s1. The summed E-state index contributed by atoms with van der Waals surface area (Å²) in [5, 5.41) is 29.4. The zero-order valence-corrected chi connectivity index (χ0v) is 34.6. The monoisotopic (exact) mass is 831 g/mol. The van der Waals surface area contributed by atoms with Gasteiger partial charge in [-0.15, -0.1) is 10.2 Å². The Labute approximate surface area is 350 Å². The Bertz CT molecular complexity index is 1900. The summed E-state index contributed by atoms with van der Waals surface area (Å²) in [5.74, 6) is 1.26. The maximum atomic E-state index is 9.81. The Kier molecular flexibility index (Phi) is 16.4. The zero-order chi connectivity index (χ0) is 41.4. The molecule has 3 fully saturated rings. The molecule has 60 heavy (non-hydrogen) atoms. The molecule has 2 bridgehead atoms. The van der Waals surface area contributed by atoms with E-state index in [9.17, 15) is 5.26 Å². The summed E-state index contributed by atoms with van der Waals surface area (Å²) in [7, 11) is 1.65. The van der Waals surface area contributed by atoms with Crippen molar-refractivity contribution >= 4 is 11.6 Å². The number of ether oxygens (including phenoxy) is 8. The van der Waals surface area contributed by atoms with E-state index in [0.717, 1.165) is 44.5 Å². The third kappa shape index (κ3) is 12.2. The predicted octanol–water partition coefficient (Wildman–Crippen LogP) is 3.85. The highest BCUT2D eigenvalue weighted by Crippen LogP contribution is 2.39. The molecule has 5 heterocycles. The molecule has 0 spiro atoms. The van der Waals surface area contributed by atoms with Crippen LogP contribution in [0, 0.1) is 11.3 Å². The van der Waals surface area contributed by atoms with Gasteiger partial charge >= 0.3 is 0 Å². The maximum absolute atomic E-state index is 9.81. The van der Waals surface area contributed by atoms with Crippen LogP contribution >= 0.6 is 0 Å². The van der Waals surface area contributed by atoms with Crippen LogP contribution in [0.2, 0.25) is 0 Å². The number of benzene rings is 1. The van der Waals surface area contributed by atoms with Crippen molar-refractivity contribution in [1.82, 2.24) is 44.9 Å². The lowest BCUT2D eigenvalue weighted by molar-refractivity contribution is -0.0458. The molecule has 3 aromatic heterocycles. The van der Waals surface area contributed by atoms with Gasteiger partial charge in [0.2, 0.25) is 5.95 Å². The van der Waals surface area contributed by atoms with Crippen molar-refractivity contribution in [3.8, 4) is 29.0 Å². The van der Waals surface area contributed by atoms with Gasteiger partial charge in [-0.2, -0.15) is 5.26 Å². The lowest BCUT2D eigenvalue weighted by Crippen LogP contribution is -2.52. The summed E-state index contributed by atoms with van der Waals surface area (Å²) >= 11 is 0. The minimum atomic E-state index is -0.301. The molecule has 324 valence electrons. The second kappa shape index (κ2) is 22.7. The maximum Gasteiger partial charge on any atom is 0.257 e. The van der Waals surface area contributed by atoms with Gasteiger partial charge in [0.15, 0.2) is 0 Å². The van der Waals surface area contributed by atoms with Gasteiger partial charge in [0.1, 0.15) is 36.5 Å². The summed E-state index contributed by atoms with van der Waals surface area (Å²) in [5.41, 5.74) is 2.48. The van der Waals surface area contributed by atoms with E-state index in [0.29, 0.717) is 125 Å². The first-order valence-electron chi connectivity index (χ1n) is 21.0. The molecule has 1 aliphatic carbocycles. The Morgan fingerprint density at radius 2 is 1.52 bits per heavy atom. The van der Waals surface area contributed by atoms with Crippen molar-refractivity contribution in [2.24, 2.45) is 0 Å². The van der Waals surface area contributed by atoms with Gasteiger partial charge in [-0.25, -0.2) is 14.6 Å². The first-order chi connectivity index (χ1) is 29.6. The van der Waals surface area contributed by atoms with Crippen LogP contribution in [0.5, 0.6) is 11.6 Å². The molecule has 2 aliphatic heterocycles. The SMILES string of the molecule is COCCOCCOCCOCCOCCOc1nn(C2CCC(N3[C@@H]4CC[C@H]3COC4)CC2)cc1Nc1nccc(-c2ccc(C#N)c(O[C@@H](C)Cn3cnnn3)c2)n1. The zero-order valence-electron chi connectivity index (χ0n) is 34.6. The molecular weight excluding hydrogens is 775 g/mol. The first kappa shape index (κ1) is 43.3. The van der Waals surface area contributed by atoms with Crippen molar-refractivity contribution in [3.05, 3.63) is 48.5 Å². The Morgan fingerprint density at radius 1 is 0.850 bits per heavy atom. The Morgan fingerprint density at radius 3 is 2.18 bits per heavy atom. The van der Waals surface area contributed by atoms with Crippen LogP contribution in [-0.2, 0) is 35.0 Å². The van der Waals surface area contributed by atoms with E-state index in [1.807, 2.05) is 36.0 Å². The number of methoxy groups -OCH3 is 1. The number of morpholine rings is 1. The van der Waals surface area contributed by atoms with Gasteiger partial charge in [-0.3, -0.25) is 9.58 Å². The lowest BCUT2D eigenvalue weighted by atomic mass is 9.89. The number of nitriles is 1. The fraction of sp³-hybridized carbons (Fsp3) is 0.634. The third-order valence-electron chi connectivity index (χ3n) is 10.9. The number of anilines is 2. The average Bonchev–Trinajstić information content (AvgIpc) is 3.99. The smallest absolute Gasteiger partial charge is 0.257 e. The van der Waals surface area contributed by atoms with Gasteiger partial charge < -0.3 is 43.2 Å². The molecule has 3 aliphatic rings. The minimum absolute atomic E-state index is 0.242. The number of hydrogen-bond acceptors (Lipinski definition) is 17. The van der Waals surface area contributed by atoms with Crippen LogP contribution in [0.4, 0.5) is 11.6 Å². The van der Waals surface area contributed by atoms with E-state index >= 15 is 0 Å². The van der Waals surface area contributed by atoms with Crippen LogP contribution in [0.25, 0.3) is 11.3 Å². The van der Waals surface area contributed by atoms with Gasteiger partial charge in [0, 0.05) is 37.0 Å². The van der Waals surface area contributed by atoms with Crippen LogP contribution in [-0.4, -0.2) is 155 Å². The van der Waals surface area contributed by atoms with E-state index in [4.69, 9.17) is 48.0 Å². The molecule has 0 radical (unpaired) electrons. The molecule has 2 saturated heterocycles. The van der Waals surface area contributed by atoms with Crippen LogP contribution in [0.15, 0.2) is 43.0 Å². The summed E-state index contributed by atoms with van der Waals surface area (Å²) in [4.78, 5) is 12.1.